The molecule has 2 aromatic carbocycles. The number of likely N-dealkylation sites (N-methyl/N-ethyl adjacent to an activating group) is 1. The molecule has 128 valence electrons. The summed E-state index contributed by atoms with van der Waals surface area (Å²) in [5.41, 5.74) is 3.22. The first-order valence-electron chi connectivity index (χ1n) is 7.51. The van der Waals surface area contributed by atoms with Crippen LogP contribution in [0, 0.1) is 0 Å². The highest BCUT2D eigenvalue weighted by Crippen LogP contribution is 2.38. The number of sulfonamides is 1. The van der Waals surface area contributed by atoms with Gasteiger partial charge in [0.25, 0.3) is 0 Å². The molecule has 0 aromatic heterocycles. The number of rotatable bonds is 3. The zero-order valence-electron chi connectivity index (χ0n) is 13.4. The Bertz CT molecular complexity index is 867. The van der Waals surface area contributed by atoms with Crippen LogP contribution in [-0.2, 0) is 16.6 Å². The van der Waals surface area contributed by atoms with E-state index < -0.39 is 10.0 Å². The molecule has 0 radical (unpaired) electrons. The van der Waals surface area contributed by atoms with Crippen molar-refractivity contribution in [2.45, 2.75) is 17.4 Å². The van der Waals surface area contributed by atoms with E-state index in [0.29, 0.717) is 10.0 Å². The van der Waals surface area contributed by atoms with E-state index >= 15 is 0 Å². The van der Waals surface area contributed by atoms with Gasteiger partial charge in [0.05, 0.1) is 4.90 Å². The summed E-state index contributed by atoms with van der Waals surface area (Å²) in [6.45, 7) is 1.59. The van der Waals surface area contributed by atoms with Crippen molar-refractivity contribution in [1.29, 1.82) is 0 Å². The number of nitrogens with zero attached hydrogens (tertiary/aromatic N) is 1. The second-order valence-electron chi connectivity index (χ2n) is 5.98. The molecule has 1 unspecified atom stereocenters. The number of hydrogen-bond donors (Lipinski definition) is 1. The van der Waals surface area contributed by atoms with Crippen molar-refractivity contribution in [1.82, 2.24) is 9.62 Å². The van der Waals surface area contributed by atoms with Crippen LogP contribution in [0.5, 0.6) is 0 Å². The summed E-state index contributed by atoms with van der Waals surface area (Å²) < 4.78 is 26.1. The first kappa shape index (κ1) is 17.7. The summed E-state index contributed by atoms with van der Waals surface area (Å²) >= 11 is 12.6. The number of hydrogen-bond acceptors (Lipinski definition) is 3. The Labute approximate surface area is 152 Å². The second kappa shape index (κ2) is 6.65. The van der Waals surface area contributed by atoms with Gasteiger partial charge in [0.15, 0.2) is 0 Å². The van der Waals surface area contributed by atoms with E-state index in [0.717, 1.165) is 29.8 Å². The molecule has 0 fully saturated rings. The fourth-order valence-electron chi connectivity index (χ4n) is 3.13. The normalized spacial score (nSPS) is 18.4. The van der Waals surface area contributed by atoms with E-state index in [2.05, 4.69) is 9.62 Å². The van der Waals surface area contributed by atoms with Gasteiger partial charge in [-0.05, 0) is 55.1 Å². The van der Waals surface area contributed by atoms with E-state index in [1.165, 1.54) is 7.05 Å². The van der Waals surface area contributed by atoms with Crippen LogP contribution in [0.15, 0.2) is 41.3 Å². The molecule has 0 aliphatic carbocycles. The Morgan fingerprint density at radius 2 is 1.83 bits per heavy atom. The summed E-state index contributed by atoms with van der Waals surface area (Å²) in [5.74, 6) is 0.0984. The van der Waals surface area contributed by atoms with Gasteiger partial charge in [-0.15, -0.1) is 0 Å². The molecule has 1 atom stereocenters. The van der Waals surface area contributed by atoms with E-state index in [4.69, 9.17) is 23.2 Å². The molecular weight excluding hydrogens is 367 g/mol. The molecule has 0 saturated heterocycles. The van der Waals surface area contributed by atoms with Crippen LogP contribution >= 0.6 is 23.2 Å². The molecule has 1 heterocycles. The standard InChI is InChI=1S/C17H18Cl2N2O2S/c1-20-24(22,23)13-5-3-11(4-6-13)15-9-21(2)10-16-14(15)7-12(18)8-17(16)19/h3-8,15,20H,9-10H2,1-2H3. The van der Waals surface area contributed by atoms with Gasteiger partial charge in [-0.3, -0.25) is 0 Å². The fraction of sp³-hybridized carbons (Fsp3) is 0.294. The van der Waals surface area contributed by atoms with Crippen LogP contribution in [0.4, 0.5) is 0 Å². The quantitative estimate of drug-likeness (QED) is 0.880. The van der Waals surface area contributed by atoms with Gasteiger partial charge in [-0.2, -0.15) is 0 Å². The third-order valence-electron chi connectivity index (χ3n) is 4.35. The van der Waals surface area contributed by atoms with E-state index in [1.54, 1.807) is 18.2 Å². The van der Waals surface area contributed by atoms with Crippen molar-refractivity contribution >= 4 is 33.2 Å². The first-order chi connectivity index (χ1) is 11.3. The Morgan fingerprint density at radius 3 is 2.46 bits per heavy atom. The number of fused-ring (bicyclic) bond motifs is 1. The lowest BCUT2D eigenvalue weighted by Gasteiger charge is -2.33. The van der Waals surface area contributed by atoms with Gasteiger partial charge < -0.3 is 4.90 Å². The number of benzene rings is 2. The Morgan fingerprint density at radius 1 is 1.17 bits per heavy atom. The SMILES string of the molecule is CNS(=O)(=O)c1ccc(C2CN(C)Cc3c(Cl)cc(Cl)cc32)cc1. The molecule has 3 rings (SSSR count). The molecular formula is C17H18Cl2N2O2S. The van der Waals surface area contributed by atoms with Crippen LogP contribution in [0.2, 0.25) is 10.0 Å². The van der Waals surface area contributed by atoms with Crippen LogP contribution in [-0.4, -0.2) is 34.0 Å². The maximum atomic E-state index is 11.9. The third-order valence-corrected chi connectivity index (χ3v) is 6.34. The van der Waals surface area contributed by atoms with Gasteiger partial charge in [0, 0.05) is 29.1 Å². The largest absolute Gasteiger partial charge is 0.301 e. The van der Waals surface area contributed by atoms with Crippen molar-refractivity contribution in [2.75, 3.05) is 20.6 Å². The maximum Gasteiger partial charge on any atom is 0.240 e. The van der Waals surface area contributed by atoms with Crippen LogP contribution in [0.3, 0.4) is 0 Å². The molecule has 1 N–H and O–H groups in total. The Kier molecular flexibility index (Phi) is 4.91. The highest BCUT2D eigenvalue weighted by atomic mass is 35.5. The summed E-state index contributed by atoms with van der Waals surface area (Å²) in [7, 11) is 0.0117. The lowest BCUT2D eigenvalue weighted by atomic mass is 9.85. The highest BCUT2D eigenvalue weighted by Gasteiger charge is 2.27. The zero-order chi connectivity index (χ0) is 17.5. The van der Waals surface area contributed by atoms with Gasteiger partial charge in [0.1, 0.15) is 0 Å². The van der Waals surface area contributed by atoms with Gasteiger partial charge in [-0.25, -0.2) is 13.1 Å². The Balaban J connectivity index is 2.05. The molecule has 7 heteroatoms. The molecule has 1 aliphatic heterocycles. The zero-order valence-corrected chi connectivity index (χ0v) is 15.7. The fourth-order valence-corrected chi connectivity index (χ4v) is 4.43. The van der Waals surface area contributed by atoms with Crippen LogP contribution in [0.1, 0.15) is 22.6 Å². The van der Waals surface area contributed by atoms with Crippen LogP contribution < -0.4 is 4.72 Å². The van der Waals surface area contributed by atoms with E-state index in [-0.39, 0.29) is 10.8 Å². The second-order valence-corrected chi connectivity index (χ2v) is 8.71. The number of halogens is 2. The average Bonchev–Trinajstić information content (AvgIpc) is 2.55. The number of nitrogens with one attached hydrogen (secondary N) is 1. The topological polar surface area (TPSA) is 49.4 Å². The minimum Gasteiger partial charge on any atom is -0.301 e. The first-order valence-corrected chi connectivity index (χ1v) is 9.75. The monoisotopic (exact) mass is 384 g/mol. The van der Waals surface area contributed by atoms with Crippen molar-refractivity contribution in [2.24, 2.45) is 0 Å². The highest BCUT2D eigenvalue weighted by molar-refractivity contribution is 7.89. The predicted molar refractivity (Wildman–Crippen MR) is 97.3 cm³/mol. The molecule has 0 amide bonds. The molecule has 4 nitrogen and oxygen atoms in total. The predicted octanol–water partition coefficient (Wildman–Crippen LogP) is 3.48. The van der Waals surface area contributed by atoms with Gasteiger partial charge in [0.2, 0.25) is 10.0 Å². The van der Waals surface area contributed by atoms with Crippen molar-refractivity contribution in [3.63, 3.8) is 0 Å². The summed E-state index contributed by atoms with van der Waals surface area (Å²) in [5, 5.41) is 1.28. The third kappa shape index (κ3) is 3.32. The van der Waals surface area contributed by atoms with Crippen molar-refractivity contribution < 1.29 is 8.42 Å². The summed E-state index contributed by atoms with van der Waals surface area (Å²) in [6, 6.07) is 10.7. The Hall–Kier alpha value is -1.11. The van der Waals surface area contributed by atoms with Gasteiger partial charge in [-0.1, -0.05) is 35.3 Å². The summed E-state index contributed by atoms with van der Waals surface area (Å²) in [6.07, 6.45) is 0. The van der Waals surface area contributed by atoms with E-state index in [1.807, 2.05) is 25.2 Å². The molecule has 0 bridgehead atoms. The molecule has 2 aromatic rings. The van der Waals surface area contributed by atoms with E-state index in [9.17, 15) is 8.42 Å². The maximum absolute atomic E-state index is 11.9. The molecule has 0 saturated carbocycles. The average molecular weight is 385 g/mol. The minimum atomic E-state index is -3.43. The van der Waals surface area contributed by atoms with Crippen LogP contribution in [0.25, 0.3) is 0 Å². The lowest BCUT2D eigenvalue weighted by Crippen LogP contribution is -2.31. The van der Waals surface area contributed by atoms with Crippen molar-refractivity contribution in [3.05, 3.63) is 63.1 Å². The molecule has 0 spiro atoms. The molecule has 1 aliphatic rings. The van der Waals surface area contributed by atoms with Crippen molar-refractivity contribution in [3.8, 4) is 0 Å². The minimum absolute atomic E-state index is 0.0984. The molecule has 24 heavy (non-hydrogen) atoms. The van der Waals surface area contributed by atoms with Gasteiger partial charge >= 0.3 is 0 Å². The smallest absolute Gasteiger partial charge is 0.240 e. The summed E-state index contributed by atoms with van der Waals surface area (Å²) in [4.78, 5) is 2.45. The lowest BCUT2D eigenvalue weighted by molar-refractivity contribution is 0.295.